The Morgan fingerprint density at radius 2 is 1.88 bits per heavy atom. The molecule has 0 N–H and O–H groups in total. The molecule has 17 heavy (non-hydrogen) atoms. The van der Waals surface area contributed by atoms with Crippen LogP contribution in [0.5, 0.6) is 0 Å². The normalized spacial score (nSPS) is 14.7. The van der Waals surface area contributed by atoms with E-state index in [0.29, 0.717) is 5.69 Å². The number of alkyl halides is 3. The molecule has 0 saturated heterocycles. The molecule has 1 rings (SSSR count). The van der Waals surface area contributed by atoms with Gasteiger partial charge in [0.05, 0.1) is 12.3 Å². The Morgan fingerprint density at radius 3 is 2.29 bits per heavy atom. The van der Waals surface area contributed by atoms with Gasteiger partial charge in [0, 0.05) is 6.20 Å². The molecule has 1 aromatic heterocycles. The Kier molecular flexibility index (Phi) is 4.14. The number of rotatable bonds is 3. The predicted molar refractivity (Wildman–Crippen MR) is 58.3 cm³/mol. The molecular formula is C12H16F3NO. The molecule has 5 heteroatoms. The van der Waals surface area contributed by atoms with Gasteiger partial charge in [-0.25, -0.2) is 0 Å². The van der Waals surface area contributed by atoms with Crippen molar-refractivity contribution in [2.24, 2.45) is 5.41 Å². The zero-order valence-corrected chi connectivity index (χ0v) is 10.1. The molecular weight excluding hydrogens is 231 g/mol. The van der Waals surface area contributed by atoms with Crippen LogP contribution in [0, 0.1) is 5.41 Å². The van der Waals surface area contributed by atoms with Crippen molar-refractivity contribution in [2.45, 2.75) is 39.7 Å². The van der Waals surface area contributed by atoms with E-state index in [1.54, 1.807) is 18.2 Å². The van der Waals surface area contributed by atoms with E-state index in [2.05, 4.69) is 4.98 Å². The van der Waals surface area contributed by atoms with Crippen molar-refractivity contribution in [3.63, 3.8) is 0 Å². The Bertz CT molecular complexity index is 329. The van der Waals surface area contributed by atoms with Crippen LogP contribution in [-0.2, 0) is 11.3 Å². The minimum absolute atomic E-state index is 0.137. The summed E-state index contributed by atoms with van der Waals surface area (Å²) in [6, 6.07) is 5.05. The van der Waals surface area contributed by atoms with Gasteiger partial charge in [-0.15, -0.1) is 0 Å². The highest BCUT2D eigenvalue weighted by molar-refractivity contribution is 5.02. The quantitative estimate of drug-likeness (QED) is 0.814. The van der Waals surface area contributed by atoms with E-state index in [0.717, 1.165) is 0 Å². The topological polar surface area (TPSA) is 22.1 Å². The van der Waals surface area contributed by atoms with Gasteiger partial charge in [-0.2, -0.15) is 13.2 Å². The lowest BCUT2D eigenvalue weighted by Gasteiger charge is -2.32. The van der Waals surface area contributed by atoms with Crippen molar-refractivity contribution in [1.29, 1.82) is 0 Å². The van der Waals surface area contributed by atoms with Crippen molar-refractivity contribution < 1.29 is 17.9 Å². The summed E-state index contributed by atoms with van der Waals surface area (Å²) >= 11 is 0. The van der Waals surface area contributed by atoms with Gasteiger partial charge in [0.25, 0.3) is 0 Å². The molecule has 1 atom stereocenters. The fourth-order valence-electron chi connectivity index (χ4n) is 1.49. The highest BCUT2D eigenvalue weighted by Crippen LogP contribution is 2.36. The molecule has 0 aromatic carbocycles. The molecule has 0 amide bonds. The second-order valence-corrected chi connectivity index (χ2v) is 4.92. The third-order valence-corrected chi connectivity index (χ3v) is 2.21. The van der Waals surface area contributed by atoms with Gasteiger partial charge in [0.2, 0.25) is 0 Å². The average molecular weight is 247 g/mol. The number of ether oxygens (including phenoxy) is 1. The van der Waals surface area contributed by atoms with Gasteiger partial charge in [0.1, 0.15) is 0 Å². The third kappa shape index (κ3) is 4.34. The molecule has 1 aromatic rings. The lowest BCUT2D eigenvalue weighted by molar-refractivity contribution is -0.252. The number of hydrogen-bond donors (Lipinski definition) is 0. The van der Waals surface area contributed by atoms with E-state index in [9.17, 15) is 13.2 Å². The second-order valence-electron chi connectivity index (χ2n) is 4.92. The first kappa shape index (κ1) is 14.0. The Labute approximate surface area is 98.8 Å². The lowest BCUT2D eigenvalue weighted by Crippen LogP contribution is -2.42. The monoisotopic (exact) mass is 247 g/mol. The smallest absolute Gasteiger partial charge is 0.362 e. The van der Waals surface area contributed by atoms with Gasteiger partial charge in [0.15, 0.2) is 6.10 Å². The Hall–Kier alpha value is -1.10. The Balaban J connectivity index is 2.70. The number of halogens is 3. The molecule has 0 fully saturated rings. The third-order valence-electron chi connectivity index (χ3n) is 2.21. The SMILES string of the molecule is CC(C)(C)C(OCc1ccccn1)C(F)(F)F. The molecule has 0 bridgehead atoms. The molecule has 96 valence electrons. The minimum Gasteiger partial charge on any atom is -0.362 e. The highest BCUT2D eigenvalue weighted by atomic mass is 19.4. The summed E-state index contributed by atoms with van der Waals surface area (Å²) in [5.41, 5.74) is -0.501. The van der Waals surface area contributed by atoms with Crippen molar-refractivity contribution in [3.05, 3.63) is 30.1 Å². The van der Waals surface area contributed by atoms with Crippen molar-refractivity contribution >= 4 is 0 Å². The zero-order chi connectivity index (χ0) is 13.1. The van der Waals surface area contributed by atoms with E-state index in [4.69, 9.17) is 4.74 Å². The summed E-state index contributed by atoms with van der Waals surface area (Å²) in [6.07, 6.45) is -4.64. The van der Waals surface area contributed by atoms with Crippen molar-refractivity contribution in [3.8, 4) is 0 Å². The van der Waals surface area contributed by atoms with Crippen LogP contribution < -0.4 is 0 Å². The van der Waals surface area contributed by atoms with E-state index < -0.39 is 17.7 Å². The molecule has 0 saturated carbocycles. The largest absolute Gasteiger partial charge is 0.415 e. The zero-order valence-electron chi connectivity index (χ0n) is 10.1. The summed E-state index contributed by atoms with van der Waals surface area (Å²) in [7, 11) is 0. The van der Waals surface area contributed by atoms with Crippen LogP contribution >= 0.6 is 0 Å². The summed E-state index contributed by atoms with van der Waals surface area (Å²) in [4.78, 5) is 3.92. The number of pyridine rings is 1. The predicted octanol–water partition coefficient (Wildman–Crippen LogP) is 3.58. The second kappa shape index (κ2) is 5.04. The van der Waals surface area contributed by atoms with Crippen LogP contribution in [-0.4, -0.2) is 17.3 Å². The maximum atomic E-state index is 12.8. The van der Waals surface area contributed by atoms with Crippen LogP contribution in [0.4, 0.5) is 13.2 Å². The van der Waals surface area contributed by atoms with E-state index in [-0.39, 0.29) is 6.61 Å². The van der Waals surface area contributed by atoms with E-state index >= 15 is 0 Å². The maximum Gasteiger partial charge on any atom is 0.415 e. The van der Waals surface area contributed by atoms with Gasteiger partial charge in [-0.3, -0.25) is 4.98 Å². The van der Waals surface area contributed by atoms with E-state index in [1.807, 2.05) is 0 Å². The van der Waals surface area contributed by atoms with Crippen LogP contribution in [0.3, 0.4) is 0 Å². The van der Waals surface area contributed by atoms with Crippen LogP contribution in [0.2, 0.25) is 0 Å². The van der Waals surface area contributed by atoms with Crippen molar-refractivity contribution in [2.75, 3.05) is 0 Å². The number of nitrogens with zero attached hydrogens (tertiary/aromatic N) is 1. The molecule has 0 aliphatic rings. The van der Waals surface area contributed by atoms with Gasteiger partial charge < -0.3 is 4.74 Å². The highest BCUT2D eigenvalue weighted by Gasteiger charge is 2.47. The van der Waals surface area contributed by atoms with E-state index in [1.165, 1.54) is 27.0 Å². The first-order valence-electron chi connectivity index (χ1n) is 5.29. The van der Waals surface area contributed by atoms with Crippen LogP contribution in [0.25, 0.3) is 0 Å². The maximum absolute atomic E-state index is 12.8. The molecule has 0 aliphatic heterocycles. The fourth-order valence-corrected chi connectivity index (χ4v) is 1.49. The summed E-state index contributed by atoms with van der Waals surface area (Å²) < 4.78 is 43.3. The molecule has 2 nitrogen and oxygen atoms in total. The first-order chi connectivity index (χ1) is 7.71. The number of aromatic nitrogens is 1. The summed E-state index contributed by atoms with van der Waals surface area (Å²) in [6.45, 7) is 4.37. The molecule has 1 heterocycles. The van der Waals surface area contributed by atoms with Gasteiger partial charge in [-0.1, -0.05) is 26.8 Å². The standard InChI is InChI=1S/C12H16F3NO/c1-11(2,3)10(12(13,14)15)17-8-9-6-4-5-7-16-9/h4-7,10H,8H2,1-3H3. The van der Waals surface area contributed by atoms with Gasteiger partial charge >= 0.3 is 6.18 Å². The molecule has 0 aliphatic carbocycles. The molecule has 1 unspecified atom stereocenters. The Morgan fingerprint density at radius 1 is 1.24 bits per heavy atom. The van der Waals surface area contributed by atoms with Crippen LogP contribution in [0.15, 0.2) is 24.4 Å². The summed E-state index contributed by atoms with van der Waals surface area (Å²) in [5, 5.41) is 0. The first-order valence-corrected chi connectivity index (χ1v) is 5.29. The fraction of sp³-hybridized carbons (Fsp3) is 0.583. The number of hydrogen-bond acceptors (Lipinski definition) is 2. The molecule has 0 spiro atoms. The minimum atomic E-state index is -4.37. The summed E-state index contributed by atoms with van der Waals surface area (Å²) in [5.74, 6) is 0. The van der Waals surface area contributed by atoms with Gasteiger partial charge in [-0.05, 0) is 17.5 Å². The molecule has 0 radical (unpaired) electrons. The lowest BCUT2D eigenvalue weighted by atomic mass is 9.88. The van der Waals surface area contributed by atoms with Crippen molar-refractivity contribution in [1.82, 2.24) is 4.98 Å². The van der Waals surface area contributed by atoms with Crippen LogP contribution in [0.1, 0.15) is 26.5 Å². The average Bonchev–Trinajstić information content (AvgIpc) is 2.15.